The maximum absolute atomic E-state index is 11.2. The van der Waals surface area contributed by atoms with Crippen molar-refractivity contribution in [3.05, 3.63) is 29.8 Å². The first kappa shape index (κ1) is 13.1. The summed E-state index contributed by atoms with van der Waals surface area (Å²) in [4.78, 5) is 18.3. The number of rotatable bonds is 4. The Morgan fingerprint density at radius 1 is 1.44 bits per heavy atom. The van der Waals surface area contributed by atoms with Crippen molar-refractivity contribution in [2.24, 2.45) is 11.8 Å². The van der Waals surface area contributed by atoms with Crippen LogP contribution in [0.15, 0.2) is 24.3 Å². The maximum atomic E-state index is 11.2. The zero-order chi connectivity index (χ0) is 13.0. The minimum Gasteiger partial charge on any atom is -0.371 e. The third-order valence-corrected chi connectivity index (χ3v) is 3.49. The van der Waals surface area contributed by atoms with E-state index in [4.69, 9.17) is 10.7 Å². The number of hydrogen-bond acceptors (Lipinski definition) is 4. The fraction of sp³-hybridized carbons (Fsp3) is 0.500. The third-order valence-electron chi connectivity index (χ3n) is 3.49. The van der Waals surface area contributed by atoms with Crippen LogP contribution >= 0.6 is 0 Å². The summed E-state index contributed by atoms with van der Waals surface area (Å²) in [7, 11) is 0. The Kier molecular flexibility index (Phi) is 4.33. The Morgan fingerprint density at radius 3 is 2.78 bits per heavy atom. The topological polar surface area (TPSA) is 55.6 Å². The van der Waals surface area contributed by atoms with Gasteiger partial charge in [0, 0.05) is 30.3 Å². The van der Waals surface area contributed by atoms with Crippen LogP contribution in [0.3, 0.4) is 0 Å². The Morgan fingerprint density at radius 2 is 2.17 bits per heavy atom. The molecule has 1 aliphatic rings. The van der Waals surface area contributed by atoms with Crippen LogP contribution in [-0.4, -0.2) is 25.5 Å². The fourth-order valence-corrected chi connectivity index (χ4v) is 2.48. The number of Topliss-reactive ketones (excluding diaryl/α,β-unsaturated/α-hetero) is 1. The van der Waals surface area contributed by atoms with Gasteiger partial charge < -0.3 is 9.74 Å². The lowest BCUT2D eigenvalue weighted by Crippen LogP contribution is -2.37. The van der Waals surface area contributed by atoms with Crippen molar-refractivity contribution in [2.45, 2.75) is 19.8 Å². The van der Waals surface area contributed by atoms with E-state index in [1.807, 2.05) is 24.3 Å². The van der Waals surface area contributed by atoms with Crippen molar-refractivity contribution in [3.63, 3.8) is 0 Å². The van der Waals surface area contributed by atoms with Crippen molar-refractivity contribution in [2.75, 3.05) is 24.6 Å². The Labute approximate surface area is 108 Å². The van der Waals surface area contributed by atoms with Crippen LogP contribution in [0.4, 0.5) is 5.69 Å². The molecule has 0 aliphatic carbocycles. The van der Waals surface area contributed by atoms with Gasteiger partial charge in [0.1, 0.15) is 0 Å². The van der Waals surface area contributed by atoms with Crippen molar-refractivity contribution < 1.29 is 9.63 Å². The molecule has 1 aromatic carbocycles. The maximum Gasteiger partial charge on any atom is 0.159 e. The minimum atomic E-state index is 0.106. The zero-order valence-electron chi connectivity index (χ0n) is 10.8. The number of ketones is 1. The van der Waals surface area contributed by atoms with Crippen LogP contribution < -0.4 is 10.8 Å². The fourth-order valence-electron chi connectivity index (χ4n) is 2.48. The summed E-state index contributed by atoms with van der Waals surface area (Å²) >= 11 is 0. The second kappa shape index (κ2) is 5.98. The SMILES string of the molecule is CC(=O)c1ccc(N2CCCC(CON)C2)cc1. The lowest BCUT2D eigenvalue weighted by molar-refractivity contribution is 0.0951. The minimum absolute atomic E-state index is 0.106. The largest absolute Gasteiger partial charge is 0.371 e. The van der Waals surface area contributed by atoms with Crippen LogP contribution in [0, 0.1) is 5.92 Å². The lowest BCUT2D eigenvalue weighted by Gasteiger charge is -2.34. The normalized spacial score (nSPS) is 19.9. The van der Waals surface area contributed by atoms with E-state index in [-0.39, 0.29) is 5.78 Å². The van der Waals surface area contributed by atoms with Gasteiger partial charge in [0.05, 0.1) is 6.61 Å². The quantitative estimate of drug-likeness (QED) is 0.654. The first-order valence-corrected chi connectivity index (χ1v) is 6.38. The molecule has 4 heteroatoms. The van der Waals surface area contributed by atoms with Crippen molar-refractivity contribution in [1.82, 2.24) is 0 Å². The average molecular weight is 248 g/mol. The highest BCUT2D eigenvalue weighted by atomic mass is 16.6. The van der Waals surface area contributed by atoms with Gasteiger partial charge in [0.15, 0.2) is 5.78 Å². The molecule has 0 bridgehead atoms. The summed E-state index contributed by atoms with van der Waals surface area (Å²) in [5.74, 6) is 5.74. The van der Waals surface area contributed by atoms with Gasteiger partial charge in [-0.25, -0.2) is 5.90 Å². The van der Waals surface area contributed by atoms with Gasteiger partial charge in [0.25, 0.3) is 0 Å². The van der Waals surface area contributed by atoms with E-state index in [0.29, 0.717) is 12.5 Å². The second-order valence-electron chi connectivity index (χ2n) is 4.89. The Hall–Kier alpha value is -1.39. The third kappa shape index (κ3) is 3.09. The van der Waals surface area contributed by atoms with Crippen LogP contribution in [-0.2, 0) is 4.84 Å². The molecule has 0 saturated carbocycles. The summed E-state index contributed by atoms with van der Waals surface area (Å²) in [6.45, 7) is 4.23. The molecule has 98 valence electrons. The monoisotopic (exact) mass is 248 g/mol. The van der Waals surface area contributed by atoms with E-state index in [1.54, 1.807) is 6.92 Å². The number of anilines is 1. The number of benzene rings is 1. The van der Waals surface area contributed by atoms with Gasteiger partial charge in [-0.1, -0.05) is 0 Å². The molecule has 1 unspecified atom stereocenters. The van der Waals surface area contributed by atoms with E-state index >= 15 is 0 Å². The molecule has 1 aliphatic heterocycles. The molecule has 0 spiro atoms. The first-order valence-electron chi connectivity index (χ1n) is 6.38. The van der Waals surface area contributed by atoms with Crippen LogP contribution in [0.1, 0.15) is 30.1 Å². The molecule has 1 aromatic rings. The number of nitrogens with two attached hydrogens (primary N) is 1. The molecule has 1 fully saturated rings. The first-order chi connectivity index (χ1) is 8.70. The Bertz CT molecular complexity index is 401. The molecular weight excluding hydrogens is 228 g/mol. The summed E-state index contributed by atoms with van der Waals surface area (Å²) < 4.78 is 0. The Balaban J connectivity index is 2.04. The van der Waals surface area contributed by atoms with E-state index in [9.17, 15) is 4.79 Å². The molecule has 2 N–H and O–H groups in total. The number of carbonyl (C=O) groups excluding carboxylic acids is 1. The van der Waals surface area contributed by atoms with Crippen LogP contribution in [0.25, 0.3) is 0 Å². The molecule has 2 rings (SSSR count). The lowest BCUT2D eigenvalue weighted by atomic mass is 9.98. The second-order valence-corrected chi connectivity index (χ2v) is 4.89. The van der Waals surface area contributed by atoms with Gasteiger partial charge in [-0.2, -0.15) is 0 Å². The molecule has 1 heterocycles. The van der Waals surface area contributed by atoms with E-state index in [1.165, 1.54) is 12.1 Å². The van der Waals surface area contributed by atoms with Gasteiger partial charge in [-0.3, -0.25) is 4.79 Å². The standard InChI is InChI=1S/C14H20N2O2/c1-11(17)13-4-6-14(7-5-13)16-8-2-3-12(9-16)10-18-15/h4-7,12H,2-3,8-10,15H2,1H3. The average Bonchev–Trinajstić information content (AvgIpc) is 2.39. The van der Waals surface area contributed by atoms with Gasteiger partial charge >= 0.3 is 0 Å². The highest BCUT2D eigenvalue weighted by Gasteiger charge is 2.20. The zero-order valence-corrected chi connectivity index (χ0v) is 10.8. The number of nitrogens with zero attached hydrogens (tertiary/aromatic N) is 1. The van der Waals surface area contributed by atoms with Crippen molar-refractivity contribution >= 4 is 11.5 Å². The van der Waals surface area contributed by atoms with Crippen molar-refractivity contribution in [1.29, 1.82) is 0 Å². The predicted octanol–water partition coefficient (Wildman–Crippen LogP) is 2.00. The molecule has 18 heavy (non-hydrogen) atoms. The molecular formula is C14H20N2O2. The van der Waals surface area contributed by atoms with Gasteiger partial charge in [0.2, 0.25) is 0 Å². The molecule has 1 atom stereocenters. The van der Waals surface area contributed by atoms with E-state index in [0.717, 1.165) is 25.1 Å². The molecule has 0 aromatic heterocycles. The highest BCUT2D eigenvalue weighted by Crippen LogP contribution is 2.23. The molecule has 0 radical (unpaired) electrons. The predicted molar refractivity (Wildman–Crippen MR) is 71.5 cm³/mol. The highest BCUT2D eigenvalue weighted by molar-refractivity contribution is 5.94. The summed E-state index contributed by atoms with van der Waals surface area (Å²) in [6.07, 6.45) is 2.32. The van der Waals surface area contributed by atoms with E-state index < -0.39 is 0 Å². The number of hydrogen-bond donors (Lipinski definition) is 1. The molecule has 0 amide bonds. The smallest absolute Gasteiger partial charge is 0.159 e. The summed E-state index contributed by atoms with van der Waals surface area (Å²) in [5.41, 5.74) is 1.93. The summed E-state index contributed by atoms with van der Waals surface area (Å²) in [5, 5.41) is 0. The van der Waals surface area contributed by atoms with E-state index in [2.05, 4.69) is 4.90 Å². The molecule has 1 saturated heterocycles. The number of piperidine rings is 1. The van der Waals surface area contributed by atoms with Crippen LogP contribution in [0.5, 0.6) is 0 Å². The number of carbonyl (C=O) groups is 1. The summed E-state index contributed by atoms with van der Waals surface area (Å²) in [6, 6.07) is 7.81. The molecule has 4 nitrogen and oxygen atoms in total. The van der Waals surface area contributed by atoms with Gasteiger partial charge in [-0.15, -0.1) is 0 Å². The van der Waals surface area contributed by atoms with Crippen LogP contribution in [0.2, 0.25) is 0 Å². The van der Waals surface area contributed by atoms with Crippen molar-refractivity contribution in [3.8, 4) is 0 Å². The van der Waals surface area contributed by atoms with Gasteiger partial charge in [-0.05, 0) is 44.0 Å².